The van der Waals surface area contributed by atoms with Gasteiger partial charge in [-0.1, -0.05) is 43.7 Å². The quantitative estimate of drug-likeness (QED) is 0.825. The minimum atomic E-state index is 0.834. The van der Waals surface area contributed by atoms with Gasteiger partial charge in [-0.05, 0) is 42.2 Å². The Hall–Kier alpha value is -1.96. The molecule has 2 aromatic rings. The van der Waals surface area contributed by atoms with Gasteiger partial charge >= 0.3 is 0 Å². The van der Waals surface area contributed by atoms with Gasteiger partial charge < -0.3 is 10.6 Å². The highest BCUT2D eigenvalue weighted by Gasteiger charge is 2.06. The van der Waals surface area contributed by atoms with Gasteiger partial charge in [-0.3, -0.25) is 0 Å². The van der Waals surface area contributed by atoms with Crippen LogP contribution < -0.4 is 10.6 Å². The summed E-state index contributed by atoms with van der Waals surface area (Å²) in [5, 5.41) is 0. The maximum absolute atomic E-state index is 6.07. The fraction of sp³-hybridized carbons (Fsp3) is 0.333. The van der Waals surface area contributed by atoms with Crippen LogP contribution in [0.5, 0.6) is 0 Å². The molecule has 106 valence electrons. The van der Waals surface area contributed by atoms with E-state index in [4.69, 9.17) is 5.73 Å². The van der Waals surface area contributed by atoms with Crippen LogP contribution in [0.2, 0.25) is 0 Å². The van der Waals surface area contributed by atoms with Crippen LogP contribution >= 0.6 is 0 Å². The van der Waals surface area contributed by atoms with Gasteiger partial charge in [0.15, 0.2) is 0 Å². The lowest BCUT2D eigenvalue weighted by Gasteiger charge is -2.22. The molecule has 0 aliphatic heterocycles. The average molecular weight is 268 g/mol. The minimum absolute atomic E-state index is 0.834. The first-order valence-electron chi connectivity index (χ1n) is 7.25. The maximum Gasteiger partial charge on any atom is 0.0603 e. The van der Waals surface area contributed by atoms with E-state index in [1.807, 2.05) is 12.1 Å². The third kappa shape index (κ3) is 3.53. The Balaban J connectivity index is 2.10. The summed E-state index contributed by atoms with van der Waals surface area (Å²) in [7, 11) is 2.09. The molecule has 20 heavy (non-hydrogen) atoms. The van der Waals surface area contributed by atoms with Gasteiger partial charge in [0, 0.05) is 13.6 Å². The standard InChI is InChI=1S/C18H24N2/c1-4-5-15-7-9-16(10-8-15)13-20(3)18-12-14(2)6-11-17(18)19/h6-12H,4-5,13,19H2,1-3H3. The van der Waals surface area contributed by atoms with Crippen molar-refractivity contribution >= 4 is 11.4 Å². The second-order valence-electron chi connectivity index (χ2n) is 5.48. The van der Waals surface area contributed by atoms with Crippen molar-refractivity contribution < 1.29 is 0 Å². The van der Waals surface area contributed by atoms with Crippen molar-refractivity contribution in [1.82, 2.24) is 0 Å². The zero-order valence-corrected chi connectivity index (χ0v) is 12.7. The molecule has 0 atom stereocenters. The molecule has 0 aromatic heterocycles. The lowest BCUT2D eigenvalue weighted by molar-refractivity contribution is 0.905. The Bertz CT molecular complexity index is 558. The molecule has 0 saturated carbocycles. The molecule has 0 aliphatic carbocycles. The van der Waals surface area contributed by atoms with Crippen molar-refractivity contribution in [3.63, 3.8) is 0 Å². The predicted octanol–water partition coefficient (Wildman–Crippen LogP) is 4.17. The summed E-state index contributed by atoms with van der Waals surface area (Å²) < 4.78 is 0. The minimum Gasteiger partial charge on any atom is -0.397 e. The number of anilines is 2. The van der Waals surface area contributed by atoms with E-state index in [9.17, 15) is 0 Å². The van der Waals surface area contributed by atoms with Crippen LogP contribution in [-0.2, 0) is 13.0 Å². The Morgan fingerprint density at radius 2 is 1.65 bits per heavy atom. The summed E-state index contributed by atoms with van der Waals surface area (Å²) in [5.41, 5.74) is 12.0. The van der Waals surface area contributed by atoms with Gasteiger partial charge in [-0.15, -0.1) is 0 Å². The lowest BCUT2D eigenvalue weighted by Crippen LogP contribution is -2.17. The molecule has 0 bridgehead atoms. The van der Waals surface area contributed by atoms with Crippen LogP contribution in [0, 0.1) is 6.92 Å². The summed E-state index contributed by atoms with van der Waals surface area (Å²) in [5.74, 6) is 0. The van der Waals surface area contributed by atoms with Crippen LogP contribution in [0.4, 0.5) is 11.4 Å². The molecule has 2 N–H and O–H groups in total. The van der Waals surface area contributed by atoms with Crippen molar-refractivity contribution in [2.24, 2.45) is 0 Å². The molecule has 0 spiro atoms. The molecule has 2 aromatic carbocycles. The summed E-state index contributed by atoms with van der Waals surface area (Å²) in [4.78, 5) is 2.21. The van der Waals surface area contributed by atoms with E-state index >= 15 is 0 Å². The molecule has 0 amide bonds. The first kappa shape index (κ1) is 14.4. The number of benzene rings is 2. The van der Waals surface area contributed by atoms with Crippen molar-refractivity contribution in [1.29, 1.82) is 0 Å². The van der Waals surface area contributed by atoms with Crippen LogP contribution in [0.3, 0.4) is 0 Å². The van der Waals surface area contributed by atoms with Gasteiger partial charge in [0.2, 0.25) is 0 Å². The smallest absolute Gasteiger partial charge is 0.0603 e. The van der Waals surface area contributed by atoms with E-state index in [-0.39, 0.29) is 0 Å². The Morgan fingerprint density at radius 1 is 1.00 bits per heavy atom. The van der Waals surface area contributed by atoms with Gasteiger partial charge in [0.05, 0.1) is 11.4 Å². The second kappa shape index (κ2) is 6.47. The molecule has 0 fully saturated rings. The van der Waals surface area contributed by atoms with Gasteiger partial charge in [0.25, 0.3) is 0 Å². The molecule has 2 rings (SSSR count). The van der Waals surface area contributed by atoms with Crippen LogP contribution in [0.15, 0.2) is 42.5 Å². The first-order chi connectivity index (χ1) is 9.60. The van der Waals surface area contributed by atoms with E-state index in [0.29, 0.717) is 0 Å². The van der Waals surface area contributed by atoms with Crippen molar-refractivity contribution in [3.8, 4) is 0 Å². The number of hydrogen-bond donors (Lipinski definition) is 1. The predicted molar refractivity (Wildman–Crippen MR) is 88.1 cm³/mol. The molecule has 0 saturated heterocycles. The van der Waals surface area contributed by atoms with Crippen LogP contribution in [0.1, 0.15) is 30.0 Å². The molecule has 0 aliphatic rings. The summed E-state index contributed by atoms with van der Waals surface area (Å²) >= 11 is 0. The summed E-state index contributed by atoms with van der Waals surface area (Å²) in [6, 6.07) is 15.1. The lowest BCUT2D eigenvalue weighted by atomic mass is 10.1. The summed E-state index contributed by atoms with van der Waals surface area (Å²) in [6.07, 6.45) is 2.35. The van der Waals surface area contributed by atoms with E-state index in [2.05, 4.69) is 56.1 Å². The topological polar surface area (TPSA) is 29.3 Å². The number of nitrogens with zero attached hydrogens (tertiary/aromatic N) is 1. The Kier molecular flexibility index (Phi) is 4.67. The normalized spacial score (nSPS) is 10.6. The van der Waals surface area contributed by atoms with Crippen molar-refractivity contribution in [3.05, 3.63) is 59.2 Å². The SMILES string of the molecule is CCCc1ccc(CN(C)c2cc(C)ccc2N)cc1. The summed E-state index contributed by atoms with van der Waals surface area (Å²) in [6.45, 7) is 5.18. The highest BCUT2D eigenvalue weighted by Crippen LogP contribution is 2.24. The molecular weight excluding hydrogens is 244 g/mol. The molecular formula is C18H24N2. The van der Waals surface area contributed by atoms with Crippen molar-refractivity contribution in [2.75, 3.05) is 17.7 Å². The highest BCUT2D eigenvalue weighted by atomic mass is 15.1. The van der Waals surface area contributed by atoms with Crippen LogP contribution in [-0.4, -0.2) is 7.05 Å². The molecule has 0 heterocycles. The van der Waals surface area contributed by atoms with E-state index in [0.717, 1.165) is 24.3 Å². The second-order valence-corrected chi connectivity index (χ2v) is 5.48. The van der Waals surface area contributed by atoms with E-state index in [1.54, 1.807) is 0 Å². The van der Waals surface area contributed by atoms with Gasteiger partial charge in [0.1, 0.15) is 0 Å². The number of hydrogen-bond acceptors (Lipinski definition) is 2. The monoisotopic (exact) mass is 268 g/mol. The zero-order chi connectivity index (χ0) is 14.5. The fourth-order valence-corrected chi connectivity index (χ4v) is 2.44. The highest BCUT2D eigenvalue weighted by molar-refractivity contribution is 5.68. The average Bonchev–Trinajstić information content (AvgIpc) is 2.44. The fourth-order valence-electron chi connectivity index (χ4n) is 2.44. The zero-order valence-electron chi connectivity index (χ0n) is 12.7. The maximum atomic E-state index is 6.07. The number of rotatable bonds is 5. The van der Waals surface area contributed by atoms with Gasteiger partial charge in [-0.25, -0.2) is 0 Å². The largest absolute Gasteiger partial charge is 0.397 e. The van der Waals surface area contributed by atoms with E-state index < -0.39 is 0 Å². The Labute approximate surface area is 122 Å². The molecule has 2 nitrogen and oxygen atoms in total. The van der Waals surface area contributed by atoms with Gasteiger partial charge in [-0.2, -0.15) is 0 Å². The molecule has 0 radical (unpaired) electrons. The third-order valence-corrected chi connectivity index (χ3v) is 3.58. The molecule has 2 heteroatoms. The number of nitrogens with two attached hydrogens (primary N) is 1. The molecule has 0 unspecified atom stereocenters. The first-order valence-corrected chi connectivity index (χ1v) is 7.25. The number of aryl methyl sites for hydroxylation is 2. The van der Waals surface area contributed by atoms with Crippen LogP contribution in [0.25, 0.3) is 0 Å². The Morgan fingerprint density at radius 3 is 2.30 bits per heavy atom. The number of nitrogen functional groups attached to an aromatic ring is 1. The van der Waals surface area contributed by atoms with E-state index in [1.165, 1.54) is 23.1 Å². The van der Waals surface area contributed by atoms with Crippen molar-refractivity contribution in [2.45, 2.75) is 33.2 Å². The third-order valence-electron chi connectivity index (χ3n) is 3.58.